The Hall–Kier alpha value is -1.59. The second-order valence-electron chi connectivity index (χ2n) is 6.82. The van der Waals surface area contributed by atoms with Gasteiger partial charge in [-0.3, -0.25) is 9.59 Å². The number of hydrogen-bond donors (Lipinski definition) is 2. The smallest absolute Gasteiger partial charge is 0.255 e. The van der Waals surface area contributed by atoms with Gasteiger partial charge in [0.1, 0.15) is 0 Å². The number of nitrogens with zero attached hydrogens (tertiary/aromatic N) is 1. The number of nitrogens with one attached hydrogen (secondary N) is 2. The summed E-state index contributed by atoms with van der Waals surface area (Å²) in [6.45, 7) is 8.30. The highest BCUT2D eigenvalue weighted by molar-refractivity contribution is 6.34. The van der Waals surface area contributed by atoms with Gasteiger partial charge in [0.2, 0.25) is 5.91 Å². The predicted octanol–water partition coefficient (Wildman–Crippen LogP) is 3.54. The Labute approximate surface area is 155 Å². The highest BCUT2D eigenvalue weighted by atomic mass is 35.5. The molecule has 1 saturated heterocycles. The lowest BCUT2D eigenvalue weighted by Gasteiger charge is -2.35. The molecule has 1 fully saturated rings. The van der Waals surface area contributed by atoms with Crippen LogP contribution in [0.15, 0.2) is 18.2 Å². The lowest BCUT2D eigenvalue weighted by molar-refractivity contribution is -0.118. The van der Waals surface area contributed by atoms with Crippen molar-refractivity contribution in [1.82, 2.24) is 10.2 Å². The van der Waals surface area contributed by atoms with Crippen molar-refractivity contribution in [3.8, 4) is 0 Å². The van der Waals surface area contributed by atoms with Gasteiger partial charge in [-0.25, -0.2) is 0 Å². The molecule has 0 bridgehead atoms. The van der Waals surface area contributed by atoms with Gasteiger partial charge in [-0.1, -0.05) is 32.4 Å². The van der Waals surface area contributed by atoms with E-state index in [1.807, 2.05) is 18.7 Å². The van der Waals surface area contributed by atoms with E-state index in [1.54, 1.807) is 18.2 Å². The van der Waals surface area contributed by atoms with Crippen LogP contribution in [0.2, 0.25) is 5.02 Å². The number of amides is 2. The van der Waals surface area contributed by atoms with Gasteiger partial charge < -0.3 is 15.5 Å². The SMILES string of the molecule is CCCN(C(=O)c1cc(NC(=O)C(C)C)ccc1Cl)C1CCNCC1. The Morgan fingerprint density at radius 3 is 2.60 bits per heavy atom. The van der Waals surface area contributed by atoms with Gasteiger partial charge in [0.05, 0.1) is 10.6 Å². The molecule has 2 N–H and O–H groups in total. The number of carbonyl (C=O) groups excluding carboxylic acids is 2. The Kier molecular flexibility index (Phi) is 7.26. The third-order valence-corrected chi connectivity index (χ3v) is 4.79. The molecule has 0 radical (unpaired) electrons. The van der Waals surface area contributed by atoms with Gasteiger partial charge in [0.15, 0.2) is 0 Å². The molecule has 1 heterocycles. The normalized spacial score (nSPS) is 15.2. The van der Waals surface area contributed by atoms with Gasteiger partial charge in [-0.15, -0.1) is 0 Å². The van der Waals surface area contributed by atoms with E-state index >= 15 is 0 Å². The molecule has 2 amide bonds. The number of anilines is 1. The van der Waals surface area contributed by atoms with E-state index in [1.165, 1.54) is 0 Å². The molecule has 0 unspecified atom stereocenters. The van der Waals surface area contributed by atoms with Crippen LogP contribution in [-0.2, 0) is 4.79 Å². The summed E-state index contributed by atoms with van der Waals surface area (Å²) in [4.78, 5) is 27.0. The summed E-state index contributed by atoms with van der Waals surface area (Å²) in [6, 6.07) is 5.33. The van der Waals surface area contributed by atoms with Crippen molar-refractivity contribution in [2.45, 2.75) is 46.1 Å². The summed E-state index contributed by atoms with van der Waals surface area (Å²) in [5.41, 5.74) is 1.06. The molecule has 0 aromatic heterocycles. The maximum absolute atomic E-state index is 13.1. The number of piperidine rings is 1. The molecule has 25 heavy (non-hydrogen) atoms. The van der Waals surface area contributed by atoms with Crippen LogP contribution in [0.25, 0.3) is 0 Å². The molecule has 1 aliphatic rings. The Morgan fingerprint density at radius 1 is 1.32 bits per heavy atom. The van der Waals surface area contributed by atoms with Crippen molar-refractivity contribution in [2.75, 3.05) is 25.0 Å². The van der Waals surface area contributed by atoms with Crippen LogP contribution in [0.3, 0.4) is 0 Å². The lowest BCUT2D eigenvalue weighted by Crippen LogP contribution is -2.46. The highest BCUT2D eigenvalue weighted by Crippen LogP contribution is 2.25. The van der Waals surface area contributed by atoms with E-state index in [4.69, 9.17) is 11.6 Å². The van der Waals surface area contributed by atoms with Crippen LogP contribution in [-0.4, -0.2) is 42.4 Å². The molecular formula is C19H28ClN3O2. The van der Waals surface area contributed by atoms with Gasteiger partial charge in [-0.05, 0) is 50.6 Å². The van der Waals surface area contributed by atoms with Crippen molar-refractivity contribution >= 4 is 29.1 Å². The van der Waals surface area contributed by atoms with Crippen LogP contribution in [0.1, 0.15) is 50.4 Å². The first-order valence-corrected chi connectivity index (χ1v) is 9.44. The van der Waals surface area contributed by atoms with E-state index in [9.17, 15) is 9.59 Å². The molecule has 0 atom stereocenters. The van der Waals surface area contributed by atoms with Gasteiger partial charge in [0, 0.05) is 24.2 Å². The maximum Gasteiger partial charge on any atom is 0.255 e. The summed E-state index contributed by atoms with van der Waals surface area (Å²) in [6.07, 6.45) is 2.80. The van der Waals surface area contributed by atoms with Crippen molar-refractivity contribution in [1.29, 1.82) is 0 Å². The summed E-state index contributed by atoms with van der Waals surface area (Å²) >= 11 is 6.30. The monoisotopic (exact) mass is 365 g/mol. The van der Waals surface area contributed by atoms with Crippen molar-refractivity contribution in [2.24, 2.45) is 5.92 Å². The molecule has 5 nitrogen and oxygen atoms in total. The topological polar surface area (TPSA) is 61.4 Å². The highest BCUT2D eigenvalue weighted by Gasteiger charge is 2.27. The second kappa shape index (κ2) is 9.20. The van der Waals surface area contributed by atoms with E-state index in [-0.39, 0.29) is 23.8 Å². The number of hydrogen-bond acceptors (Lipinski definition) is 3. The standard InChI is InChI=1S/C19H28ClN3O2/c1-4-11-23(15-7-9-21-10-8-15)19(25)16-12-14(5-6-17(16)20)22-18(24)13(2)3/h5-6,12-13,15,21H,4,7-11H2,1-3H3,(H,22,24). The van der Waals surface area contributed by atoms with E-state index in [0.717, 1.165) is 32.4 Å². The molecule has 1 aromatic carbocycles. The third kappa shape index (κ3) is 5.19. The van der Waals surface area contributed by atoms with Crippen LogP contribution in [0, 0.1) is 5.92 Å². The molecule has 138 valence electrons. The van der Waals surface area contributed by atoms with Gasteiger partial charge in [0.25, 0.3) is 5.91 Å². The van der Waals surface area contributed by atoms with Gasteiger partial charge in [-0.2, -0.15) is 0 Å². The van der Waals surface area contributed by atoms with Crippen LogP contribution < -0.4 is 10.6 Å². The molecule has 0 aliphatic carbocycles. The number of rotatable bonds is 6. The predicted molar refractivity (Wildman–Crippen MR) is 102 cm³/mol. The maximum atomic E-state index is 13.1. The number of benzene rings is 1. The fourth-order valence-corrected chi connectivity index (χ4v) is 3.22. The zero-order valence-electron chi connectivity index (χ0n) is 15.3. The van der Waals surface area contributed by atoms with E-state index < -0.39 is 0 Å². The first-order chi connectivity index (χ1) is 11.9. The molecule has 1 aliphatic heterocycles. The fraction of sp³-hybridized carbons (Fsp3) is 0.579. The third-order valence-electron chi connectivity index (χ3n) is 4.46. The fourth-order valence-electron chi connectivity index (χ4n) is 3.02. The Balaban J connectivity index is 2.24. The lowest BCUT2D eigenvalue weighted by atomic mass is 10.0. The minimum Gasteiger partial charge on any atom is -0.336 e. The molecule has 2 rings (SSSR count). The summed E-state index contributed by atoms with van der Waals surface area (Å²) in [7, 11) is 0. The summed E-state index contributed by atoms with van der Waals surface area (Å²) in [5, 5.41) is 6.59. The van der Waals surface area contributed by atoms with Crippen LogP contribution in [0.4, 0.5) is 5.69 Å². The number of halogens is 1. The van der Waals surface area contributed by atoms with Crippen LogP contribution >= 0.6 is 11.6 Å². The largest absolute Gasteiger partial charge is 0.336 e. The molecule has 0 spiro atoms. The molecule has 6 heteroatoms. The molecule has 0 saturated carbocycles. The van der Waals surface area contributed by atoms with Gasteiger partial charge >= 0.3 is 0 Å². The number of carbonyl (C=O) groups is 2. The zero-order valence-corrected chi connectivity index (χ0v) is 16.0. The first-order valence-electron chi connectivity index (χ1n) is 9.06. The summed E-state index contributed by atoms with van der Waals surface area (Å²) in [5.74, 6) is -0.259. The zero-order chi connectivity index (χ0) is 18.4. The molecule has 1 aromatic rings. The second-order valence-corrected chi connectivity index (χ2v) is 7.23. The minimum absolute atomic E-state index is 0.0561. The Morgan fingerprint density at radius 2 is 2.00 bits per heavy atom. The quantitative estimate of drug-likeness (QED) is 0.810. The Bertz CT molecular complexity index is 613. The van der Waals surface area contributed by atoms with Crippen molar-refractivity contribution < 1.29 is 9.59 Å². The molecular weight excluding hydrogens is 338 g/mol. The average molecular weight is 366 g/mol. The minimum atomic E-state index is -0.124. The van der Waals surface area contributed by atoms with Crippen molar-refractivity contribution in [3.63, 3.8) is 0 Å². The van der Waals surface area contributed by atoms with E-state index in [2.05, 4.69) is 17.6 Å². The van der Waals surface area contributed by atoms with E-state index in [0.29, 0.717) is 22.8 Å². The summed E-state index contributed by atoms with van der Waals surface area (Å²) < 4.78 is 0. The average Bonchev–Trinajstić information content (AvgIpc) is 2.61. The van der Waals surface area contributed by atoms with Crippen molar-refractivity contribution in [3.05, 3.63) is 28.8 Å². The first kappa shape index (κ1) is 19.7. The van der Waals surface area contributed by atoms with Crippen LogP contribution in [0.5, 0.6) is 0 Å².